The number of ether oxygens (including phenoxy) is 1. The summed E-state index contributed by atoms with van der Waals surface area (Å²) in [5, 5.41) is 3.53. The first-order valence-corrected chi connectivity index (χ1v) is 8.72. The van der Waals surface area contributed by atoms with Gasteiger partial charge in [-0.25, -0.2) is 0 Å². The third kappa shape index (κ3) is 4.58. The molecule has 1 amide bonds. The first-order valence-electron chi connectivity index (χ1n) is 8.34. The van der Waals surface area contributed by atoms with Crippen molar-refractivity contribution in [2.24, 2.45) is 5.92 Å². The van der Waals surface area contributed by atoms with Gasteiger partial charge in [-0.1, -0.05) is 23.7 Å². The number of carbonyl (C=O) groups is 1. The first-order chi connectivity index (χ1) is 11.8. The fraction of sp³-hybridized carbons (Fsp3) is 0.588. The van der Waals surface area contributed by atoms with E-state index in [1.165, 1.54) is 4.90 Å². The molecule has 4 nitrogen and oxygen atoms in total. The number of alkyl halides is 3. The zero-order chi connectivity index (χ0) is 18.0. The number of nitrogens with one attached hydrogen (secondary N) is 1. The standard InChI is InChI=1S/C17H20ClF3N2O2/c18-13-3-1-2-12-14(6-9-25-15(12)13)22-16(24)11-4-7-23(8-5-11)10-17(19,20)21/h1-3,11,14H,4-10H2,(H,22,24)/t14-/m0/s1. The summed E-state index contributed by atoms with van der Waals surface area (Å²) >= 11 is 6.13. The van der Waals surface area contributed by atoms with E-state index in [4.69, 9.17) is 16.3 Å². The summed E-state index contributed by atoms with van der Waals surface area (Å²) in [7, 11) is 0. The van der Waals surface area contributed by atoms with Crippen LogP contribution in [0.25, 0.3) is 0 Å². The Kier molecular flexibility index (Phi) is 5.43. The van der Waals surface area contributed by atoms with Crippen LogP contribution in [-0.2, 0) is 4.79 Å². The quantitative estimate of drug-likeness (QED) is 0.877. The molecule has 1 saturated heterocycles. The lowest BCUT2D eigenvalue weighted by Crippen LogP contribution is -2.44. The summed E-state index contributed by atoms with van der Waals surface area (Å²) in [6.45, 7) is 0.125. The molecule has 1 fully saturated rings. The van der Waals surface area contributed by atoms with Crippen LogP contribution in [0.4, 0.5) is 13.2 Å². The Balaban J connectivity index is 1.57. The van der Waals surface area contributed by atoms with Crippen molar-refractivity contribution in [3.8, 4) is 5.75 Å². The number of amides is 1. The number of fused-ring (bicyclic) bond motifs is 1. The number of piperidine rings is 1. The number of nitrogens with zero attached hydrogens (tertiary/aromatic N) is 1. The van der Waals surface area contributed by atoms with Crippen molar-refractivity contribution < 1.29 is 22.7 Å². The average Bonchev–Trinajstić information content (AvgIpc) is 2.55. The maximum absolute atomic E-state index is 12.5. The van der Waals surface area contributed by atoms with Gasteiger partial charge >= 0.3 is 6.18 Å². The molecule has 3 rings (SSSR count). The van der Waals surface area contributed by atoms with E-state index in [-0.39, 0.29) is 31.0 Å². The predicted molar refractivity (Wildman–Crippen MR) is 87.7 cm³/mol. The molecule has 1 N–H and O–H groups in total. The van der Waals surface area contributed by atoms with Crippen LogP contribution in [0.15, 0.2) is 18.2 Å². The molecule has 0 aromatic heterocycles. The Bertz CT molecular complexity index is 631. The van der Waals surface area contributed by atoms with E-state index in [1.54, 1.807) is 6.07 Å². The summed E-state index contributed by atoms with van der Waals surface area (Å²) in [6, 6.07) is 5.24. The number of halogens is 4. The van der Waals surface area contributed by atoms with Gasteiger partial charge in [0.15, 0.2) is 0 Å². The summed E-state index contributed by atoms with van der Waals surface area (Å²) in [4.78, 5) is 13.9. The summed E-state index contributed by atoms with van der Waals surface area (Å²) in [5.41, 5.74) is 0.849. The first kappa shape index (κ1) is 18.3. The third-order valence-corrected chi connectivity index (χ3v) is 5.00. The van der Waals surface area contributed by atoms with Gasteiger partial charge < -0.3 is 10.1 Å². The van der Waals surface area contributed by atoms with Gasteiger partial charge in [0.2, 0.25) is 5.91 Å². The predicted octanol–water partition coefficient (Wildman–Crippen LogP) is 3.55. The normalized spacial score (nSPS) is 22.2. The third-order valence-electron chi connectivity index (χ3n) is 4.70. The zero-order valence-corrected chi connectivity index (χ0v) is 14.4. The second-order valence-electron chi connectivity index (χ2n) is 6.52. The van der Waals surface area contributed by atoms with Crippen molar-refractivity contribution in [1.29, 1.82) is 0 Å². The summed E-state index contributed by atoms with van der Waals surface area (Å²) < 4.78 is 42.9. The Labute approximate surface area is 149 Å². The molecule has 138 valence electrons. The molecular formula is C17H20ClF3N2O2. The SMILES string of the molecule is O=C(N[C@H]1CCOc2c(Cl)cccc21)C1CCN(CC(F)(F)F)CC1. The maximum Gasteiger partial charge on any atom is 0.401 e. The lowest BCUT2D eigenvalue weighted by Gasteiger charge is -2.33. The molecule has 2 aliphatic heterocycles. The van der Waals surface area contributed by atoms with Crippen molar-refractivity contribution in [1.82, 2.24) is 10.2 Å². The molecule has 1 atom stereocenters. The number of hydrogen-bond acceptors (Lipinski definition) is 3. The lowest BCUT2D eigenvalue weighted by atomic mass is 9.94. The minimum atomic E-state index is -4.19. The largest absolute Gasteiger partial charge is 0.492 e. The monoisotopic (exact) mass is 376 g/mol. The van der Waals surface area contributed by atoms with Crippen LogP contribution in [-0.4, -0.2) is 43.2 Å². The van der Waals surface area contributed by atoms with E-state index in [1.807, 2.05) is 12.1 Å². The molecule has 8 heteroatoms. The molecule has 0 unspecified atom stereocenters. The molecule has 0 spiro atoms. The van der Waals surface area contributed by atoms with E-state index in [0.717, 1.165) is 5.56 Å². The highest BCUT2D eigenvalue weighted by molar-refractivity contribution is 6.32. The number of hydrogen-bond donors (Lipinski definition) is 1. The van der Waals surface area contributed by atoms with E-state index < -0.39 is 12.7 Å². The minimum absolute atomic E-state index is 0.107. The molecule has 2 aliphatic rings. The zero-order valence-electron chi connectivity index (χ0n) is 13.6. The minimum Gasteiger partial charge on any atom is -0.492 e. The molecule has 0 saturated carbocycles. The molecule has 2 heterocycles. The van der Waals surface area contributed by atoms with Gasteiger partial charge in [-0.15, -0.1) is 0 Å². The molecular weight excluding hydrogens is 357 g/mol. The number of para-hydroxylation sites is 1. The number of rotatable bonds is 3. The van der Waals surface area contributed by atoms with Crippen molar-refractivity contribution in [2.45, 2.75) is 31.5 Å². The smallest absolute Gasteiger partial charge is 0.401 e. The highest BCUT2D eigenvalue weighted by Gasteiger charge is 2.34. The van der Waals surface area contributed by atoms with E-state index in [2.05, 4.69) is 5.32 Å². The van der Waals surface area contributed by atoms with Crippen LogP contribution >= 0.6 is 11.6 Å². The van der Waals surface area contributed by atoms with E-state index >= 15 is 0 Å². The van der Waals surface area contributed by atoms with E-state index in [9.17, 15) is 18.0 Å². The Morgan fingerprint density at radius 1 is 1.28 bits per heavy atom. The Morgan fingerprint density at radius 2 is 2.00 bits per heavy atom. The second kappa shape index (κ2) is 7.41. The Morgan fingerprint density at radius 3 is 2.68 bits per heavy atom. The molecule has 0 bridgehead atoms. The fourth-order valence-corrected chi connectivity index (χ4v) is 3.67. The van der Waals surface area contributed by atoms with Gasteiger partial charge in [-0.3, -0.25) is 9.69 Å². The molecule has 0 aliphatic carbocycles. The van der Waals surface area contributed by atoms with Crippen LogP contribution in [0.2, 0.25) is 5.02 Å². The second-order valence-corrected chi connectivity index (χ2v) is 6.93. The number of carbonyl (C=O) groups excluding carboxylic acids is 1. The van der Waals surface area contributed by atoms with Crippen LogP contribution in [0.5, 0.6) is 5.75 Å². The van der Waals surface area contributed by atoms with Crippen molar-refractivity contribution >= 4 is 17.5 Å². The van der Waals surface area contributed by atoms with Gasteiger partial charge in [0, 0.05) is 17.9 Å². The van der Waals surface area contributed by atoms with E-state index in [0.29, 0.717) is 36.6 Å². The summed E-state index contributed by atoms with van der Waals surface area (Å²) in [6.07, 6.45) is -2.67. The van der Waals surface area contributed by atoms with Crippen LogP contribution < -0.4 is 10.1 Å². The Hall–Kier alpha value is -1.47. The van der Waals surface area contributed by atoms with Crippen LogP contribution in [0, 0.1) is 5.92 Å². The maximum atomic E-state index is 12.5. The summed E-state index contributed by atoms with van der Waals surface area (Å²) in [5.74, 6) is 0.236. The van der Waals surface area contributed by atoms with Gasteiger partial charge in [0.25, 0.3) is 0 Å². The number of likely N-dealkylation sites (tertiary alicyclic amines) is 1. The highest BCUT2D eigenvalue weighted by Crippen LogP contribution is 2.37. The van der Waals surface area contributed by atoms with Crippen molar-refractivity contribution in [2.75, 3.05) is 26.2 Å². The topological polar surface area (TPSA) is 41.6 Å². The molecule has 1 aromatic rings. The van der Waals surface area contributed by atoms with Gasteiger partial charge in [-0.2, -0.15) is 13.2 Å². The molecule has 25 heavy (non-hydrogen) atoms. The average molecular weight is 377 g/mol. The fourth-order valence-electron chi connectivity index (χ4n) is 3.43. The highest BCUT2D eigenvalue weighted by atomic mass is 35.5. The van der Waals surface area contributed by atoms with Crippen molar-refractivity contribution in [3.63, 3.8) is 0 Å². The van der Waals surface area contributed by atoms with Crippen LogP contribution in [0.1, 0.15) is 30.9 Å². The van der Waals surface area contributed by atoms with Gasteiger partial charge in [0.05, 0.1) is 24.2 Å². The van der Waals surface area contributed by atoms with Crippen LogP contribution in [0.3, 0.4) is 0 Å². The number of benzene rings is 1. The van der Waals surface area contributed by atoms with Crippen molar-refractivity contribution in [3.05, 3.63) is 28.8 Å². The lowest BCUT2D eigenvalue weighted by molar-refractivity contribution is -0.149. The molecule has 0 radical (unpaired) electrons. The van der Waals surface area contributed by atoms with Gasteiger partial charge in [-0.05, 0) is 32.0 Å². The van der Waals surface area contributed by atoms with Gasteiger partial charge in [0.1, 0.15) is 5.75 Å². The molecule has 1 aromatic carbocycles.